The Kier molecular flexibility index (Phi) is 6.79. The maximum Gasteiger partial charge on any atom is 0.191 e. The van der Waals surface area contributed by atoms with E-state index >= 15 is 0 Å². The van der Waals surface area contributed by atoms with E-state index in [9.17, 15) is 0 Å². The van der Waals surface area contributed by atoms with Crippen molar-refractivity contribution in [2.75, 3.05) is 19.7 Å². The third-order valence-electron chi connectivity index (χ3n) is 4.53. The van der Waals surface area contributed by atoms with Crippen LogP contribution in [0.5, 0.6) is 11.5 Å². The van der Waals surface area contributed by atoms with Crippen molar-refractivity contribution < 1.29 is 9.47 Å². The number of nitrogens with zero attached hydrogens (tertiary/aromatic N) is 3. The third-order valence-corrected chi connectivity index (χ3v) is 4.53. The summed E-state index contributed by atoms with van der Waals surface area (Å²) in [5.74, 6) is 2.63. The second-order valence-corrected chi connectivity index (χ2v) is 7.04. The summed E-state index contributed by atoms with van der Waals surface area (Å²) < 4.78 is 13.7. The average molecular weight is 386 g/mol. The summed E-state index contributed by atoms with van der Waals surface area (Å²) in [5.41, 5.74) is 3.41. The van der Waals surface area contributed by atoms with Crippen LogP contribution in [0.3, 0.4) is 0 Å². The molecule has 2 aromatic rings. The predicted octanol–water partition coefficient (Wildman–Crippen LogP) is 2.67. The molecule has 1 aliphatic rings. The minimum absolute atomic E-state index is 0.216. The molecule has 0 fully saturated rings. The van der Waals surface area contributed by atoms with Crippen molar-refractivity contribution in [2.45, 2.75) is 53.3 Å². The molecule has 1 aromatic carbocycles. The minimum Gasteiger partial charge on any atom is -0.494 e. The smallest absolute Gasteiger partial charge is 0.191 e. The first kappa shape index (κ1) is 20.0. The first-order valence-electron chi connectivity index (χ1n) is 10.1. The molecular formula is C21H31N5O2. The lowest BCUT2D eigenvalue weighted by atomic mass is 10.1. The van der Waals surface area contributed by atoms with Crippen LogP contribution in [-0.2, 0) is 19.5 Å². The summed E-state index contributed by atoms with van der Waals surface area (Å²) in [7, 11) is 0. The lowest BCUT2D eigenvalue weighted by Crippen LogP contribution is -2.38. The fraction of sp³-hybridized carbons (Fsp3) is 0.524. The van der Waals surface area contributed by atoms with Crippen molar-refractivity contribution in [1.82, 2.24) is 20.4 Å². The van der Waals surface area contributed by atoms with Gasteiger partial charge >= 0.3 is 0 Å². The molecule has 1 aromatic heterocycles. The molecule has 0 bridgehead atoms. The number of fused-ring (bicyclic) bond motifs is 1. The van der Waals surface area contributed by atoms with Crippen LogP contribution >= 0.6 is 0 Å². The molecule has 0 saturated heterocycles. The lowest BCUT2D eigenvalue weighted by Gasteiger charge is -2.14. The minimum atomic E-state index is 0.216. The fourth-order valence-corrected chi connectivity index (χ4v) is 3.28. The van der Waals surface area contributed by atoms with Crippen molar-refractivity contribution in [2.24, 2.45) is 4.99 Å². The second-order valence-electron chi connectivity index (χ2n) is 7.04. The Hall–Kier alpha value is -2.70. The van der Waals surface area contributed by atoms with Gasteiger partial charge in [-0.15, -0.1) is 0 Å². The van der Waals surface area contributed by atoms with E-state index in [-0.39, 0.29) is 6.10 Å². The van der Waals surface area contributed by atoms with Gasteiger partial charge in [0.1, 0.15) is 17.6 Å². The monoisotopic (exact) mass is 385 g/mol. The first-order valence-corrected chi connectivity index (χ1v) is 10.1. The summed E-state index contributed by atoms with van der Waals surface area (Å²) >= 11 is 0. The van der Waals surface area contributed by atoms with Crippen molar-refractivity contribution >= 4 is 5.96 Å². The largest absolute Gasteiger partial charge is 0.494 e. The van der Waals surface area contributed by atoms with Crippen LogP contribution in [0.25, 0.3) is 0 Å². The molecule has 1 aliphatic heterocycles. The van der Waals surface area contributed by atoms with E-state index in [1.54, 1.807) is 0 Å². The Bertz CT molecular complexity index is 815. The summed E-state index contributed by atoms with van der Waals surface area (Å²) in [6, 6.07) is 4.18. The molecule has 0 radical (unpaired) electrons. The summed E-state index contributed by atoms with van der Waals surface area (Å²) in [6.45, 7) is 11.7. The Morgan fingerprint density at radius 2 is 2.21 bits per heavy atom. The van der Waals surface area contributed by atoms with Gasteiger partial charge in [0.15, 0.2) is 5.96 Å². The number of aliphatic imine (C=N–C) groups is 1. The lowest BCUT2D eigenvalue weighted by molar-refractivity contribution is 0.254. The van der Waals surface area contributed by atoms with Crippen LogP contribution in [0, 0.1) is 6.92 Å². The third kappa shape index (κ3) is 5.18. The Balaban J connectivity index is 1.67. The van der Waals surface area contributed by atoms with Crippen molar-refractivity contribution in [3.8, 4) is 11.5 Å². The van der Waals surface area contributed by atoms with Gasteiger partial charge in [-0.05, 0) is 45.4 Å². The topological polar surface area (TPSA) is 72.7 Å². The highest BCUT2D eigenvalue weighted by Gasteiger charge is 2.21. The maximum absolute atomic E-state index is 5.91. The number of nitrogens with one attached hydrogen (secondary N) is 2. The van der Waals surface area contributed by atoms with Crippen LogP contribution in [0.4, 0.5) is 0 Å². The molecule has 2 heterocycles. The van der Waals surface area contributed by atoms with Crippen LogP contribution in [-0.4, -0.2) is 41.5 Å². The second kappa shape index (κ2) is 9.48. The van der Waals surface area contributed by atoms with E-state index in [1.165, 1.54) is 5.56 Å². The van der Waals surface area contributed by atoms with Gasteiger partial charge in [0, 0.05) is 36.8 Å². The highest BCUT2D eigenvalue weighted by molar-refractivity contribution is 5.79. The van der Waals surface area contributed by atoms with Gasteiger partial charge in [-0.2, -0.15) is 5.10 Å². The van der Waals surface area contributed by atoms with Crippen molar-refractivity contribution in [1.29, 1.82) is 0 Å². The summed E-state index contributed by atoms with van der Waals surface area (Å²) in [6.07, 6.45) is 5.04. The van der Waals surface area contributed by atoms with E-state index in [4.69, 9.17) is 14.5 Å². The Labute approximate surface area is 167 Å². The van der Waals surface area contributed by atoms with Gasteiger partial charge in [0.05, 0.1) is 25.9 Å². The number of hydrogen-bond donors (Lipinski definition) is 2. The molecule has 28 heavy (non-hydrogen) atoms. The van der Waals surface area contributed by atoms with Crippen molar-refractivity contribution in [3.05, 3.63) is 41.2 Å². The van der Waals surface area contributed by atoms with Gasteiger partial charge in [-0.1, -0.05) is 0 Å². The van der Waals surface area contributed by atoms with Crippen LogP contribution in [0.2, 0.25) is 0 Å². The maximum atomic E-state index is 5.91. The number of ether oxygens (including phenoxy) is 2. The highest BCUT2D eigenvalue weighted by Crippen LogP contribution is 2.35. The highest BCUT2D eigenvalue weighted by atomic mass is 16.5. The van der Waals surface area contributed by atoms with E-state index in [1.807, 2.05) is 30.9 Å². The standard InChI is InChI=1S/C21H31N5O2/c1-5-22-21(23-7-8-26-14-15(3)12-25-26)24-13-18-11-20-17(9-16(4)28-20)10-19(18)27-6-2/h10-12,14,16H,5-9,13H2,1-4H3,(H2,22,23,24). The number of guanidine groups is 1. The molecule has 0 aliphatic carbocycles. The van der Waals surface area contributed by atoms with E-state index in [0.717, 1.165) is 54.6 Å². The zero-order chi connectivity index (χ0) is 19.9. The predicted molar refractivity (Wildman–Crippen MR) is 111 cm³/mol. The quantitative estimate of drug-likeness (QED) is 0.540. The molecule has 0 saturated carbocycles. The number of rotatable bonds is 8. The fourth-order valence-electron chi connectivity index (χ4n) is 3.28. The molecule has 1 unspecified atom stereocenters. The molecule has 152 valence electrons. The molecule has 0 spiro atoms. The molecular weight excluding hydrogens is 354 g/mol. The van der Waals surface area contributed by atoms with Crippen LogP contribution in [0.1, 0.15) is 37.5 Å². The molecule has 7 heteroatoms. The zero-order valence-corrected chi connectivity index (χ0v) is 17.3. The Morgan fingerprint density at radius 1 is 1.36 bits per heavy atom. The molecule has 0 amide bonds. The average Bonchev–Trinajstić information content (AvgIpc) is 3.23. The van der Waals surface area contributed by atoms with Gasteiger partial charge in [0.25, 0.3) is 0 Å². The van der Waals surface area contributed by atoms with Gasteiger partial charge in [-0.3, -0.25) is 4.68 Å². The zero-order valence-electron chi connectivity index (χ0n) is 17.3. The number of aromatic nitrogens is 2. The van der Waals surface area contributed by atoms with E-state index in [2.05, 4.69) is 41.7 Å². The van der Waals surface area contributed by atoms with E-state index in [0.29, 0.717) is 13.2 Å². The summed E-state index contributed by atoms with van der Waals surface area (Å²) in [5, 5.41) is 11.0. The number of benzene rings is 1. The Morgan fingerprint density at radius 3 is 2.93 bits per heavy atom. The number of hydrogen-bond acceptors (Lipinski definition) is 4. The normalized spacial score (nSPS) is 15.9. The van der Waals surface area contributed by atoms with Gasteiger partial charge in [0.2, 0.25) is 0 Å². The van der Waals surface area contributed by atoms with Crippen LogP contribution < -0.4 is 20.1 Å². The molecule has 1 atom stereocenters. The molecule has 7 nitrogen and oxygen atoms in total. The van der Waals surface area contributed by atoms with Crippen molar-refractivity contribution in [3.63, 3.8) is 0 Å². The summed E-state index contributed by atoms with van der Waals surface area (Å²) in [4.78, 5) is 4.74. The van der Waals surface area contributed by atoms with E-state index < -0.39 is 0 Å². The first-order chi connectivity index (χ1) is 13.6. The number of aryl methyl sites for hydroxylation is 1. The SMILES string of the molecule is CCNC(=NCc1cc2c(cc1OCC)CC(C)O2)NCCn1cc(C)cn1. The van der Waals surface area contributed by atoms with Gasteiger partial charge in [-0.25, -0.2) is 4.99 Å². The van der Waals surface area contributed by atoms with Gasteiger partial charge < -0.3 is 20.1 Å². The van der Waals surface area contributed by atoms with Crippen LogP contribution in [0.15, 0.2) is 29.5 Å². The molecule has 2 N–H and O–H groups in total. The molecule has 3 rings (SSSR count).